The van der Waals surface area contributed by atoms with Crippen LogP contribution in [0.2, 0.25) is 0 Å². The van der Waals surface area contributed by atoms with Gasteiger partial charge < -0.3 is 10.6 Å². The van der Waals surface area contributed by atoms with Crippen LogP contribution in [0.15, 0.2) is 18.2 Å². The second-order valence-electron chi connectivity index (χ2n) is 5.26. The Morgan fingerprint density at radius 1 is 1.24 bits per heavy atom. The lowest BCUT2D eigenvalue weighted by Gasteiger charge is -2.22. The van der Waals surface area contributed by atoms with Crippen molar-refractivity contribution in [2.24, 2.45) is 5.92 Å². The van der Waals surface area contributed by atoms with E-state index in [0.29, 0.717) is 17.9 Å². The highest BCUT2D eigenvalue weighted by molar-refractivity contribution is 5.85. The number of amides is 1. The molecule has 0 spiro atoms. The van der Waals surface area contributed by atoms with Crippen LogP contribution >= 0.6 is 12.4 Å². The van der Waals surface area contributed by atoms with E-state index in [1.807, 2.05) is 0 Å². The van der Waals surface area contributed by atoms with Crippen molar-refractivity contribution in [1.82, 2.24) is 10.6 Å². The fourth-order valence-corrected chi connectivity index (χ4v) is 2.44. The minimum Gasteiger partial charge on any atom is -0.352 e. The molecule has 3 nitrogen and oxygen atoms in total. The number of rotatable bonds is 5. The first-order valence-corrected chi connectivity index (χ1v) is 7.06. The van der Waals surface area contributed by atoms with E-state index >= 15 is 0 Å². The molecule has 0 atom stereocenters. The van der Waals surface area contributed by atoms with Crippen LogP contribution in [-0.4, -0.2) is 19.0 Å². The third kappa shape index (κ3) is 5.98. The van der Waals surface area contributed by atoms with E-state index in [1.54, 1.807) is 0 Å². The summed E-state index contributed by atoms with van der Waals surface area (Å²) in [5.41, 5.74) is 0.569. The van der Waals surface area contributed by atoms with Crippen LogP contribution < -0.4 is 10.6 Å². The minimum atomic E-state index is -0.883. The molecular formula is C15H21ClF2N2O. The van der Waals surface area contributed by atoms with Gasteiger partial charge in [-0.05, 0) is 56.0 Å². The monoisotopic (exact) mass is 318 g/mol. The first-order valence-electron chi connectivity index (χ1n) is 7.06. The second kappa shape index (κ2) is 8.95. The number of hydrogen-bond acceptors (Lipinski definition) is 2. The quantitative estimate of drug-likeness (QED) is 0.876. The molecule has 0 saturated carbocycles. The van der Waals surface area contributed by atoms with Gasteiger partial charge in [0.2, 0.25) is 5.91 Å². The minimum absolute atomic E-state index is 0. The normalized spacial score (nSPS) is 15.3. The topological polar surface area (TPSA) is 41.1 Å². The number of carbonyl (C=O) groups excluding carboxylic acids is 1. The largest absolute Gasteiger partial charge is 0.352 e. The second-order valence-corrected chi connectivity index (χ2v) is 5.26. The van der Waals surface area contributed by atoms with Gasteiger partial charge in [0.1, 0.15) is 0 Å². The van der Waals surface area contributed by atoms with Gasteiger partial charge in [-0.15, -0.1) is 12.4 Å². The van der Waals surface area contributed by atoms with Crippen molar-refractivity contribution < 1.29 is 13.6 Å². The Morgan fingerprint density at radius 3 is 2.62 bits per heavy atom. The Labute approximate surface area is 129 Å². The van der Waals surface area contributed by atoms with Crippen molar-refractivity contribution in [3.8, 4) is 0 Å². The summed E-state index contributed by atoms with van der Waals surface area (Å²) < 4.78 is 25.8. The van der Waals surface area contributed by atoms with Gasteiger partial charge in [0, 0.05) is 13.0 Å². The van der Waals surface area contributed by atoms with Crippen molar-refractivity contribution in [2.45, 2.75) is 32.2 Å². The average Bonchev–Trinajstić information content (AvgIpc) is 2.47. The third-order valence-electron chi connectivity index (χ3n) is 3.71. The lowest BCUT2D eigenvalue weighted by atomic mass is 9.93. The third-order valence-corrected chi connectivity index (χ3v) is 3.71. The predicted octanol–water partition coefficient (Wildman–Crippen LogP) is 2.78. The Balaban J connectivity index is 0.00000220. The molecule has 1 heterocycles. The van der Waals surface area contributed by atoms with E-state index in [9.17, 15) is 13.6 Å². The first kappa shape index (κ1) is 17.9. The number of halogens is 3. The molecule has 118 valence electrons. The standard InChI is InChI=1S/C15H20F2N2O.ClH/c16-13-3-1-12(9-14(13)17)10-19-15(20)4-2-11-5-7-18-8-6-11;/h1,3,9,11,18H,2,4-8,10H2,(H,19,20);1H. The van der Waals surface area contributed by atoms with E-state index in [0.717, 1.165) is 44.5 Å². The fraction of sp³-hybridized carbons (Fsp3) is 0.533. The molecule has 1 fully saturated rings. The SMILES string of the molecule is Cl.O=C(CCC1CCNCC1)NCc1ccc(F)c(F)c1. The van der Waals surface area contributed by atoms with E-state index < -0.39 is 11.6 Å². The zero-order valence-electron chi connectivity index (χ0n) is 11.8. The molecule has 1 aliphatic heterocycles. The molecule has 0 aliphatic carbocycles. The van der Waals surface area contributed by atoms with Gasteiger partial charge in [-0.1, -0.05) is 6.07 Å². The molecule has 1 aromatic carbocycles. The highest BCUT2D eigenvalue weighted by atomic mass is 35.5. The molecule has 0 aromatic heterocycles. The van der Waals surface area contributed by atoms with Gasteiger partial charge in [-0.3, -0.25) is 4.79 Å². The van der Waals surface area contributed by atoms with E-state index in [1.165, 1.54) is 6.07 Å². The maximum Gasteiger partial charge on any atom is 0.220 e. The molecule has 1 aromatic rings. The number of nitrogens with one attached hydrogen (secondary N) is 2. The zero-order chi connectivity index (χ0) is 14.4. The summed E-state index contributed by atoms with van der Waals surface area (Å²) in [5.74, 6) is -1.17. The Hall–Kier alpha value is -1.20. The summed E-state index contributed by atoms with van der Waals surface area (Å²) >= 11 is 0. The van der Waals surface area contributed by atoms with Gasteiger partial charge in [0.25, 0.3) is 0 Å². The molecule has 1 amide bonds. The molecule has 6 heteroatoms. The van der Waals surface area contributed by atoms with Gasteiger partial charge >= 0.3 is 0 Å². The summed E-state index contributed by atoms with van der Waals surface area (Å²) in [6, 6.07) is 3.67. The predicted molar refractivity (Wildman–Crippen MR) is 80.3 cm³/mol. The van der Waals surface area contributed by atoms with Crippen LogP contribution in [0.3, 0.4) is 0 Å². The smallest absolute Gasteiger partial charge is 0.220 e. The molecular weight excluding hydrogens is 298 g/mol. The number of piperidine rings is 1. The summed E-state index contributed by atoms with van der Waals surface area (Å²) in [6.45, 7) is 2.30. The fourth-order valence-electron chi connectivity index (χ4n) is 2.44. The Morgan fingerprint density at radius 2 is 1.95 bits per heavy atom. The van der Waals surface area contributed by atoms with Crippen molar-refractivity contribution in [2.75, 3.05) is 13.1 Å². The van der Waals surface area contributed by atoms with E-state index in [-0.39, 0.29) is 24.9 Å². The van der Waals surface area contributed by atoms with Crippen molar-refractivity contribution in [1.29, 1.82) is 0 Å². The molecule has 0 bridgehead atoms. The zero-order valence-corrected chi connectivity index (χ0v) is 12.6. The van der Waals surface area contributed by atoms with Crippen LogP contribution in [0, 0.1) is 17.6 Å². The molecule has 1 aliphatic rings. The lowest BCUT2D eigenvalue weighted by molar-refractivity contribution is -0.121. The average molecular weight is 319 g/mol. The van der Waals surface area contributed by atoms with Gasteiger partial charge in [0.05, 0.1) is 0 Å². The summed E-state index contributed by atoms with van der Waals surface area (Å²) in [6.07, 6.45) is 3.63. The number of hydrogen-bond donors (Lipinski definition) is 2. The van der Waals surface area contributed by atoms with Crippen molar-refractivity contribution in [3.05, 3.63) is 35.4 Å². The van der Waals surface area contributed by atoms with E-state index in [4.69, 9.17) is 0 Å². The number of benzene rings is 1. The van der Waals surface area contributed by atoms with Crippen LogP contribution in [0.25, 0.3) is 0 Å². The van der Waals surface area contributed by atoms with Crippen molar-refractivity contribution in [3.63, 3.8) is 0 Å². The number of carbonyl (C=O) groups is 1. The Bertz CT molecular complexity index is 465. The van der Waals surface area contributed by atoms with Crippen LogP contribution in [0.4, 0.5) is 8.78 Å². The van der Waals surface area contributed by atoms with Crippen LogP contribution in [0.1, 0.15) is 31.2 Å². The summed E-state index contributed by atoms with van der Waals surface area (Å²) in [5, 5.41) is 6.03. The summed E-state index contributed by atoms with van der Waals surface area (Å²) in [4.78, 5) is 11.7. The lowest BCUT2D eigenvalue weighted by Crippen LogP contribution is -2.29. The molecule has 1 saturated heterocycles. The molecule has 0 radical (unpaired) electrons. The van der Waals surface area contributed by atoms with E-state index in [2.05, 4.69) is 10.6 Å². The van der Waals surface area contributed by atoms with Crippen molar-refractivity contribution >= 4 is 18.3 Å². The summed E-state index contributed by atoms with van der Waals surface area (Å²) in [7, 11) is 0. The molecule has 2 rings (SSSR count). The molecule has 2 N–H and O–H groups in total. The highest BCUT2D eigenvalue weighted by Gasteiger charge is 2.14. The highest BCUT2D eigenvalue weighted by Crippen LogP contribution is 2.17. The maximum atomic E-state index is 13.0. The molecule has 21 heavy (non-hydrogen) atoms. The molecule has 0 unspecified atom stereocenters. The Kier molecular flexibility index (Phi) is 7.61. The van der Waals surface area contributed by atoms with Crippen LogP contribution in [-0.2, 0) is 11.3 Å². The van der Waals surface area contributed by atoms with Gasteiger partial charge in [-0.25, -0.2) is 8.78 Å². The van der Waals surface area contributed by atoms with Crippen LogP contribution in [0.5, 0.6) is 0 Å². The maximum absolute atomic E-state index is 13.0. The van der Waals surface area contributed by atoms with Gasteiger partial charge in [-0.2, -0.15) is 0 Å². The van der Waals surface area contributed by atoms with Gasteiger partial charge in [0.15, 0.2) is 11.6 Å². The first-order chi connectivity index (χ1) is 9.65.